The molecule has 1 aromatic carbocycles. The summed E-state index contributed by atoms with van der Waals surface area (Å²) in [7, 11) is 0. The molecule has 1 aromatic rings. The van der Waals surface area contributed by atoms with E-state index in [1.54, 1.807) is 6.92 Å². The Morgan fingerprint density at radius 3 is 2.33 bits per heavy atom. The first-order valence-corrected chi connectivity index (χ1v) is 13.1. The van der Waals surface area contributed by atoms with Gasteiger partial charge in [0.15, 0.2) is 0 Å². The lowest BCUT2D eigenvalue weighted by Crippen LogP contribution is -2.45. The Balaban J connectivity index is 1.53. The first-order chi connectivity index (χ1) is 15.6. The second-order valence-electron chi connectivity index (χ2n) is 11.0. The SMILES string of the molecule is CC(=O)N1CCC(C(=O)N(CCCNC2CCC(C(C)(C)C)CC2)c2cccc(Cl)c2)CC1. The van der Waals surface area contributed by atoms with Gasteiger partial charge in [0.05, 0.1) is 0 Å². The van der Waals surface area contributed by atoms with E-state index in [0.29, 0.717) is 36.1 Å². The van der Waals surface area contributed by atoms with Gasteiger partial charge in [-0.1, -0.05) is 38.4 Å². The summed E-state index contributed by atoms with van der Waals surface area (Å²) >= 11 is 6.25. The molecule has 33 heavy (non-hydrogen) atoms. The van der Waals surface area contributed by atoms with E-state index < -0.39 is 0 Å². The minimum absolute atomic E-state index is 0.0415. The molecule has 0 atom stereocenters. The monoisotopic (exact) mass is 475 g/mol. The Kier molecular flexibility index (Phi) is 9.23. The number of halogens is 1. The van der Waals surface area contributed by atoms with Gasteiger partial charge in [-0.25, -0.2) is 0 Å². The van der Waals surface area contributed by atoms with Crippen molar-refractivity contribution in [2.24, 2.45) is 17.3 Å². The van der Waals surface area contributed by atoms with Gasteiger partial charge < -0.3 is 15.1 Å². The standard InChI is InChI=1S/C27H42ClN3O2/c1-20(32)30-17-13-21(14-18-30)26(33)31(25-8-5-7-23(28)19-25)16-6-15-29-24-11-9-22(10-12-24)27(2,3)4/h5,7-8,19,21-22,24,29H,6,9-18H2,1-4H3. The van der Waals surface area contributed by atoms with Crippen LogP contribution in [-0.2, 0) is 9.59 Å². The third-order valence-electron chi connectivity index (χ3n) is 7.62. The fraction of sp³-hybridized carbons (Fsp3) is 0.704. The van der Waals surface area contributed by atoms with Gasteiger partial charge in [0.1, 0.15) is 0 Å². The summed E-state index contributed by atoms with van der Waals surface area (Å²) in [5.41, 5.74) is 1.27. The Bertz CT molecular complexity index is 791. The van der Waals surface area contributed by atoms with Crippen LogP contribution < -0.4 is 10.2 Å². The zero-order valence-corrected chi connectivity index (χ0v) is 21.7. The topological polar surface area (TPSA) is 52.7 Å². The molecule has 1 heterocycles. The molecule has 0 aromatic heterocycles. The molecule has 2 fully saturated rings. The fourth-order valence-electron chi connectivity index (χ4n) is 5.38. The quantitative estimate of drug-likeness (QED) is 0.528. The van der Waals surface area contributed by atoms with Crippen molar-refractivity contribution in [2.75, 3.05) is 31.1 Å². The highest BCUT2D eigenvalue weighted by Gasteiger charge is 2.31. The first-order valence-electron chi connectivity index (χ1n) is 12.7. The van der Waals surface area contributed by atoms with Crippen molar-refractivity contribution in [3.8, 4) is 0 Å². The summed E-state index contributed by atoms with van der Waals surface area (Å²) in [5, 5.41) is 4.38. The van der Waals surface area contributed by atoms with Crippen molar-refractivity contribution in [1.29, 1.82) is 0 Å². The summed E-state index contributed by atoms with van der Waals surface area (Å²) in [5.74, 6) is 1.03. The number of carbonyl (C=O) groups is 2. The molecule has 1 saturated carbocycles. The number of likely N-dealkylation sites (tertiary alicyclic amines) is 1. The lowest BCUT2D eigenvalue weighted by Gasteiger charge is -2.37. The van der Waals surface area contributed by atoms with Crippen LogP contribution in [0.1, 0.15) is 72.6 Å². The van der Waals surface area contributed by atoms with E-state index in [-0.39, 0.29) is 17.7 Å². The predicted octanol–water partition coefficient (Wildman–Crippen LogP) is 5.52. The van der Waals surface area contributed by atoms with Crippen LogP contribution in [0.15, 0.2) is 24.3 Å². The van der Waals surface area contributed by atoms with Gasteiger partial charge in [0.2, 0.25) is 11.8 Å². The number of anilines is 1. The molecule has 0 unspecified atom stereocenters. The van der Waals surface area contributed by atoms with Crippen LogP contribution in [0.25, 0.3) is 0 Å². The van der Waals surface area contributed by atoms with Crippen LogP contribution in [0.5, 0.6) is 0 Å². The van der Waals surface area contributed by atoms with Crippen molar-refractivity contribution in [3.05, 3.63) is 29.3 Å². The molecular weight excluding hydrogens is 434 g/mol. The third kappa shape index (κ3) is 7.45. The Morgan fingerprint density at radius 2 is 1.76 bits per heavy atom. The van der Waals surface area contributed by atoms with Gasteiger partial charge in [-0.05, 0) is 81.0 Å². The largest absolute Gasteiger partial charge is 0.343 e. The highest BCUT2D eigenvalue weighted by Crippen LogP contribution is 2.37. The van der Waals surface area contributed by atoms with Crippen molar-refractivity contribution in [1.82, 2.24) is 10.2 Å². The van der Waals surface area contributed by atoms with Crippen molar-refractivity contribution in [2.45, 2.75) is 78.7 Å². The van der Waals surface area contributed by atoms with E-state index in [1.165, 1.54) is 25.7 Å². The van der Waals surface area contributed by atoms with Crippen molar-refractivity contribution in [3.63, 3.8) is 0 Å². The zero-order chi connectivity index (χ0) is 24.0. The number of rotatable bonds is 7. The van der Waals surface area contributed by atoms with Crippen LogP contribution >= 0.6 is 11.6 Å². The summed E-state index contributed by atoms with van der Waals surface area (Å²) in [6, 6.07) is 8.19. The van der Waals surface area contributed by atoms with Gasteiger partial charge in [-0.2, -0.15) is 0 Å². The number of piperidine rings is 1. The second-order valence-corrected chi connectivity index (χ2v) is 11.4. The van der Waals surface area contributed by atoms with Crippen LogP contribution in [-0.4, -0.2) is 48.9 Å². The van der Waals surface area contributed by atoms with E-state index >= 15 is 0 Å². The van der Waals surface area contributed by atoms with E-state index in [4.69, 9.17) is 11.6 Å². The van der Waals surface area contributed by atoms with E-state index in [2.05, 4.69) is 26.1 Å². The second kappa shape index (κ2) is 11.7. The number of benzene rings is 1. The lowest BCUT2D eigenvalue weighted by molar-refractivity contribution is -0.133. The third-order valence-corrected chi connectivity index (χ3v) is 7.85. The van der Waals surface area contributed by atoms with Gasteiger partial charge in [-0.3, -0.25) is 9.59 Å². The number of hydrogen-bond donors (Lipinski definition) is 1. The number of nitrogens with one attached hydrogen (secondary N) is 1. The van der Waals surface area contributed by atoms with Crippen LogP contribution in [0.4, 0.5) is 5.69 Å². The predicted molar refractivity (Wildman–Crippen MR) is 137 cm³/mol. The molecule has 1 saturated heterocycles. The molecule has 0 spiro atoms. The van der Waals surface area contributed by atoms with E-state index in [1.807, 2.05) is 34.1 Å². The summed E-state index contributed by atoms with van der Waals surface area (Å²) in [6.45, 7) is 11.6. The molecule has 0 bridgehead atoms. The van der Waals surface area contributed by atoms with Crippen LogP contribution in [0, 0.1) is 17.3 Å². The molecule has 1 aliphatic heterocycles. The maximum absolute atomic E-state index is 13.5. The molecular formula is C27H42ClN3O2. The van der Waals surface area contributed by atoms with Crippen LogP contribution in [0.3, 0.4) is 0 Å². The van der Waals surface area contributed by atoms with Gasteiger partial charge in [0.25, 0.3) is 0 Å². The van der Waals surface area contributed by atoms with Gasteiger partial charge in [0, 0.05) is 49.2 Å². The average molecular weight is 476 g/mol. The molecule has 5 nitrogen and oxygen atoms in total. The highest BCUT2D eigenvalue weighted by atomic mass is 35.5. The number of nitrogens with zero attached hydrogens (tertiary/aromatic N) is 2. The van der Waals surface area contributed by atoms with Gasteiger partial charge in [-0.15, -0.1) is 0 Å². The maximum Gasteiger partial charge on any atom is 0.230 e. The van der Waals surface area contributed by atoms with E-state index in [0.717, 1.165) is 37.4 Å². The summed E-state index contributed by atoms with van der Waals surface area (Å²) in [4.78, 5) is 28.9. The first kappa shape index (κ1) is 26.0. The molecule has 1 aliphatic carbocycles. The average Bonchev–Trinajstić information content (AvgIpc) is 2.78. The summed E-state index contributed by atoms with van der Waals surface area (Å²) < 4.78 is 0. The number of amides is 2. The zero-order valence-electron chi connectivity index (χ0n) is 20.9. The Hall–Kier alpha value is -1.59. The minimum atomic E-state index is -0.0415. The molecule has 184 valence electrons. The van der Waals surface area contributed by atoms with E-state index in [9.17, 15) is 9.59 Å². The smallest absolute Gasteiger partial charge is 0.230 e. The molecule has 2 amide bonds. The molecule has 2 aliphatic rings. The molecule has 3 rings (SSSR count). The Labute approximate surface area is 205 Å². The molecule has 6 heteroatoms. The maximum atomic E-state index is 13.5. The van der Waals surface area contributed by atoms with Crippen molar-refractivity contribution >= 4 is 29.1 Å². The normalized spacial score (nSPS) is 22.3. The molecule has 0 radical (unpaired) electrons. The minimum Gasteiger partial charge on any atom is -0.343 e. The summed E-state index contributed by atoms with van der Waals surface area (Å²) in [6.07, 6.45) is 7.45. The van der Waals surface area contributed by atoms with Crippen LogP contribution in [0.2, 0.25) is 5.02 Å². The number of carbonyl (C=O) groups excluding carboxylic acids is 2. The highest BCUT2D eigenvalue weighted by molar-refractivity contribution is 6.30. The van der Waals surface area contributed by atoms with Crippen molar-refractivity contribution < 1.29 is 9.59 Å². The fourth-order valence-corrected chi connectivity index (χ4v) is 5.56. The number of hydrogen-bond acceptors (Lipinski definition) is 3. The Morgan fingerprint density at radius 1 is 1.09 bits per heavy atom. The molecule has 1 N–H and O–H groups in total. The van der Waals surface area contributed by atoms with Gasteiger partial charge >= 0.3 is 0 Å². The lowest BCUT2D eigenvalue weighted by atomic mass is 9.71.